The van der Waals surface area contributed by atoms with Crippen LogP contribution in [0, 0.1) is 5.92 Å². The van der Waals surface area contributed by atoms with Crippen LogP contribution in [0.3, 0.4) is 0 Å². The van der Waals surface area contributed by atoms with Crippen LogP contribution in [0.5, 0.6) is 5.75 Å². The van der Waals surface area contributed by atoms with Crippen molar-refractivity contribution in [1.82, 2.24) is 35.5 Å². The molecule has 0 spiro atoms. The summed E-state index contributed by atoms with van der Waals surface area (Å²) in [6.07, 6.45) is 1.68. The summed E-state index contributed by atoms with van der Waals surface area (Å²) < 4.78 is 7.32. The summed E-state index contributed by atoms with van der Waals surface area (Å²) in [6, 6.07) is 8.71. The minimum absolute atomic E-state index is 0.0258. The van der Waals surface area contributed by atoms with Crippen molar-refractivity contribution in [2.24, 2.45) is 13.0 Å². The van der Waals surface area contributed by atoms with Crippen molar-refractivity contribution < 1.29 is 19.1 Å². The molecule has 218 valence electrons. The molecule has 0 aliphatic heterocycles. The molecule has 1 fully saturated rings. The maximum Gasteiger partial charge on any atom is 0.272 e. The number of hydrogen-bond acceptors (Lipinski definition) is 9. The number of aryl methyl sites for hydroxylation is 1. The minimum atomic E-state index is -0.512. The molecule has 1 aromatic carbocycles. The fourth-order valence-corrected chi connectivity index (χ4v) is 4.19. The Labute approximate surface area is 247 Å². The predicted molar refractivity (Wildman–Crippen MR) is 169 cm³/mol. The molecule has 2 aromatic heterocycles. The summed E-state index contributed by atoms with van der Waals surface area (Å²) in [4.78, 5) is 40.3. The molecule has 3 amide bonds. The minimum Gasteiger partial charge on any atom is -0.494 e. The van der Waals surface area contributed by atoms with Crippen LogP contribution in [0.4, 0.5) is 17.2 Å². The molecule has 4 rings (SSSR count). The zero-order valence-electron chi connectivity index (χ0n) is 25.2. The Balaban J connectivity index is 1.67. The van der Waals surface area contributed by atoms with Gasteiger partial charge in [0.25, 0.3) is 11.8 Å². The maximum atomic E-state index is 13.2. The number of methoxy groups -OCH3 is 1. The van der Waals surface area contributed by atoms with E-state index >= 15 is 0 Å². The molecule has 1 aliphatic carbocycles. The molecule has 0 radical (unpaired) electrons. The van der Waals surface area contributed by atoms with E-state index in [1.807, 2.05) is 54.7 Å². The van der Waals surface area contributed by atoms with Crippen molar-refractivity contribution in [3.05, 3.63) is 41.7 Å². The van der Waals surface area contributed by atoms with Gasteiger partial charge >= 0.3 is 0 Å². The Bertz CT molecular complexity index is 1490. The van der Waals surface area contributed by atoms with E-state index in [9.17, 15) is 14.4 Å². The van der Waals surface area contributed by atoms with E-state index in [1.165, 1.54) is 11.8 Å². The van der Waals surface area contributed by atoms with Crippen LogP contribution in [0.2, 0.25) is 0 Å². The van der Waals surface area contributed by atoms with Crippen molar-refractivity contribution in [3.63, 3.8) is 0 Å². The molecule has 13 nitrogen and oxygen atoms in total. The Morgan fingerprint density at radius 3 is 2.48 bits per heavy atom. The Kier molecular flexibility index (Phi) is 9.25. The maximum absolute atomic E-state index is 13.2. The van der Waals surface area contributed by atoms with Gasteiger partial charge in [0.1, 0.15) is 29.2 Å². The van der Waals surface area contributed by atoms with Crippen molar-refractivity contribution >= 4 is 58.5 Å². The van der Waals surface area contributed by atoms with Gasteiger partial charge in [0.2, 0.25) is 5.91 Å². The summed E-state index contributed by atoms with van der Waals surface area (Å²) in [6.45, 7) is 1.22. The molecule has 1 aliphatic rings. The van der Waals surface area contributed by atoms with Crippen LogP contribution < -0.4 is 26.0 Å². The van der Waals surface area contributed by atoms with Crippen LogP contribution in [0.25, 0.3) is 11.3 Å². The number of carbonyl (C=O) groups excluding carboxylic acids is 3. The molecular formula is C26H36B3N9O4. The third kappa shape index (κ3) is 7.69. The Morgan fingerprint density at radius 2 is 1.83 bits per heavy atom. The second-order valence-electron chi connectivity index (χ2n) is 11.6. The summed E-state index contributed by atoms with van der Waals surface area (Å²) in [5, 5.41) is 24.1. The van der Waals surface area contributed by atoms with Gasteiger partial charge < -0.3 is 30.9 Å². The van der Waals surface area contributed by atoms with Gasteiger partial charge in [-0.2, -0.15) is 5.10 Å². The Morgan fingerprint density at radius 1 is 1.10 bits per heavy atom. The number of nitrogens with zero attached hydrogens (tertiary/aromatic N) is 5. The van der Waals surface area contributed by atoms with Gasteiger partial charge in [-0.3, -0.25) is 19.1 Å². The average molecular weight is 571 g/mol. The fourth-order valence-electron chi connectivity index (χ4n) is 4.19. The smallest absolute Gasteiger partial charge is 0.272 e. The Hall–Kier alpha value is -4.33. The molecule has 1 saturated carbocycles. The van der Waals surface area contributed by atoms with Crippen LogP contribution in [0.15, 0.2) is 30.3 Å². The zero-order chi connectivity index (χ0) is 30.6. The molecule has 3 aromatic rings. The van der Waals surface area contributed by atoms with Crippen molar-refractivity contribution in [2.45, 2.75) is 18.1 Å². The van der Waals surface area contributed by atoms with Gasteiger partial charge in [-0.15, -0.1) is 10.2 Å². The van der Waals surface area contributed by atoms with Crippen LogP contribution in [-0.4, -0.2) is 106 Å². The van der Waals surface area contributed by atoms with E-state index in [0.717, 1.165) is 12.8 Å². The first-order chi connectivity index (χ1) is 19.9. The highest BCUT2D eigenvalue weighted by molar-refractivity contribution is 6.60. The van der Waals surface area contributed by atoms with E-state index < -0.39 is 11.1 Å². The number of likely N-dealkylation sites (N-methyl/N-ethyl adjacent to an activating group) is 1. The number of nitrogens with one attached hydrogen (secondary N) is 4. The van der Waals surface area contributed by atoms with Gasteiger partial charge in [0.05, 0.1) is 24.2 Å². The van der Waals surface area contributed by atoms with Gasteiger partial charge in [-0.05, 0) is 50.4 Å². The van der Waals surface area contributed by atoms with Crippen molar-refractivity contribution in [2.75, 3.05) is 44.9 Å². The number of para-hydroxylation sites is 1. The van der Waals surface area contributed by atoms with Gasteiger partial charge in [-0.25, -0.2) is 0 Å². The van der Waals surface area contributed by atoms with Crippen molar-refractivity contribution in [3.8, 4) is 17.0 Å². The fraction of sp³-hybridized carbons (Fsp3) is 0.385. The lowest BCUT2D eigenvalue weighted by Gasteiger charge is -2.22. The molecule has 0 unspecified atom stereocenters. The molecular weight excluding hydrogens is 535 g/mol. The average Bonchev–Trinajstić information content (AvgIpc) is 3.69. The topological polar surface area (TPSA) is 155 Å². The van der Waals surface area contributed by atoms with Gasteiger partial charge in [-0.1, -0.05) is 6.07 Å². The first kappa shape index (κ1) is 30.6. The molecule has 0 bridgehead atoms. The summed E-state index contributed by atoms with van der Waals surface area (Å²) in [5.74, 6) is -0.142. The number of rotatable bonds is 12. The normalized spacial score (nSPS) is 13.0. The summed E-state index contributed by atoms with van der Waals surface area (Å²) >= 11 is 0. The SMILES string of the molecule is BC(B)(B)NC(=O)c1nnc(NC(=O)C2CC2)cc1Nc1cccc(-c2cc(C(=O)NCCN(C)C)n(C)n2)c1OC. The number of benzene rings is 1. The highest BCUT2D eigenvalue weighted by Gasteiger charge is 2.30. The number of anilines is 3. The third-order valence-corrected chi connectivity index (χ3v) is 6.42. The summed E-state index contributed by atoms with van der Waals surface area (Å²) in [7, 11) is 12.7. The number of carbonyl (C=O) groups is 3. The third-order valence-electron chi connectivity index (χ3n) is 6.42. The quantitative estimate of drug-likeness (QED) is 0.191. The number of hydrogen-bond donors (Lipinski definition) is 4. The van der Waals surface area contributed by atoms with E-state index in [0.29, 0.717) is 47.2 Å². The second kappa shape index (κ2) is 12.7. The number of aromatic nitrogens is 4. The van der Waals surface area contributed by atoms with E-state index in [2.05, 4.69) is 36.6 Å². The summed E-state index contributed by atoms with van der Waals surface area (Å²) in [5.41, 5.74) is 2.48. The largest absolute Gasteiger partial charge is 0.494 e. The van der Waals surface area contributed by atoms with Crippen molar-refractivity contribution in [1.29, 1.82) is 0 Å². The second-order valence-corrected chi connectivity index (χ2v) is 11.6. The standard InChI is InChI=1S/C26H36B3N9O4/c1-37(2)11-10-30-24(40)19-12-17(36-38(19)3)15-6-5-7-16(22(15)42-4)31-18-13-20(32-23(39)14-8-9-14)34-35-21(18)25(41)33-26(27,28)29/h5-7,12-14H,8-11,27-29H2,1-4H3,(H,30,40)(H,33,41)(H2,31,32,34,39). The lowest BCUT2D eigenvalue weighted by Crippen LogP contribution is -2.50. The van der Waals surface area contributed by atoms with Crippen LogP contribution in [-0.2, 0) is 11.8 Å². The molecule has 0 atom stereocenters. The van der Waals surface area contributed by atoms with E-state index in [1.54, 1.807) is 25.2 Å². The first-order valence-electron chi connectivity index (χ1n) is 13.8. The monoisotopic (exact) mass is 571 g/mol. The lowest BCUT2D eigenvalue weighted by atomic mass is 9.49. The first-order valence-corrected chi connectivity index (χ1v) is 13.8. The van der Waals surface area contributed by atoms with E-state index in [4.69, 9.17) is 4.74 Å². The van der Waals surface area contributed by atoms with Crippen LogP contribution >= 0.6 is 0 Å². The molecule has 4 N–H and O–H groups in total. The highest BCUT2D eigenvalue weighted by Crippen LogP contribution is 2.38. The van der Waals surface area contributed by atoms with E-state index in [-0.39, 0.29) is 29.2 Å². The highest BCUT2D eigenvalue weighted by atomic mass is 16.5. The lowest BCUT2D eigenvalue weighted by molar-refractivity contribution is -0.117. The molecule has 16 heteroatoms. The van der Waals surface area contributed by atoms with Crippen LogP contribution in [0.1, 0.15) is 33.8 Å². The molecule has 42 heavy (non-hydrogen) atoms. The van der Waals surface area contributed by atoms with Gasteiger partial charge in [0, 0.05) is 37.7 Å². The molecule has 0 saturated heterocycles. The zero-order valence-corrected chi connectivity index (χ0v) is 25.2. The number of ether oxygens (including phenoxy) is 1. The number of amides is 3. The molecule has 2 heterocycles. The van der Waals surface area contributed by atoms with Gasteiger partial charge in [0.15, 0.2) is 17.3 Å². The predicted octanol–water partition coefficient (Wildman–Crippen LogP) is -1.49.